The molecule has 0 saturated heterocycles. The van der Waals surface area contributed by atoms with E-state index >= 15 is 0 Å². The van der Waals surface area contributed by atoms with Crippen molar-refractivity contribution in [1.29, 1.82) is 0 Å². The predicted octanol–water partition coefficient (Wildman–Crippen LogP) is 7.28. The van der Waals surface area contributed by atoms with Gasteiger partial charge in [-0.05, 0) is 74.6 Å². The van der Waals surface area contributed by atoms with E-state index in [2.05, 4.69) is 5.32 Å². The molecule has 3 aromatic carbocycles. The molecule has 3 rings (SSSR count). The first-order valence-corrected chi connectivity index (χ1v) is 15.0. The number of hydrogen-bond acceptors (Lipinski definition) is 4. The molecule has 0 aliphatic rings. The number of benzene rings is 3. The molecule has 6 nitrogen and oxygen atoms in total. The van der Waals surface area contributed by atoms with Crippen molar-refractivity contribution in [2.45, 2.75) is 72.0 Å². The Morgan fingerprint density at radius 3 is 2.17 bits per heavy atom. The highest BCUT2D eigenvalue weighted by atomic mass is 35.5. The number of carbonyl (C=O) groups excluding carboxylic acids is 2. The number of carbonyl (C=O) groups is 2. The number of nitrogens with one attached hydrogen (secondary N) is 1. The fourth-order valence-electron chi connectivity index (χ4n) is 4.48. The van der Waals surface area contributed by atoms with Crippen LogP contribution in [-0.4, -0.2) is 42.0 Å². The minimum Gasteiger partial charge on any atom is -0.490 e. The van der Waals surface area contributed by atoms with Crippen molar-refractivity contribution >= 4 is 35.0 Å². The summed E-state index contributed by atoms with van der Waals surface area (Å²) >= 11 is 12.5. The number of nitrogens with zero attached hydrogens (tertiary/aromatic N) is 1. The van der Waals surface area contributed by atoms with Gasteiger partial charge in [-0.15, -0.1) is 0 Å². The number of aryl methyl sites for hydroxylation is 1. The van der Waals surface area contributed by atoms with E-state index in [0.29, 0.717) is 47.6 Å². The predicted molar refractivity (Wildman–Crippen MR) is 166 cm³/mol. The summed E-state index contributed by atoms with van der Waals surface area (Å²) in [5.74, 6) is 1.01. The molecule has 0 fully saturated rings. The summed E-state index contributed by atoms with van der Waals surface area (Å²) in [7, 11) is 0. The molecule has 0 spiro atoms. The molecule has 2 amide bonds. The maximum Gasteiger partial charge on any atom is 0.243 e. The molecule has 3 aromatic rings. The third kappa shape index (κ3) is 9.68. The molecule has 220 valence electrons. The lowest BCUT2D eigenvalue weighted by Crippen LogP contribution is -2.52. The third-order valence-corrected chi connectivity index (χ3v) is 7.58. The smallest absolute Gasteiger partial charge is 0.243 e. The Balaban J connectivity index is 1.93. The molecule has 8 heteroatoms. The lowest BCUT2D eigenvalue weighted by Gasteiger charge is -2.32. The highest BCUT2D eigenvalue weighted by Gasteiger charge is 2.31. The Morgan fingerprint density at radius 1 is 0.829 bits per heavy atom. The Morgan fingerprint density at radius 2 is 1.51 bits per heavy atom. The molecular weight excluding hydrogens is 559 g/mol. The molecule has 0 radical (unpaired) electrons. The number of rotatable bonds is 15. The van der Waals surface area contributed by atoms with E-state index < -0.39 is 6.04 Å². The Hall–Kier alpha value is -3.22. The molecule has 0 aromatic heterocycles. The van der Waals surface area contributed by atoms with Crippen molar-refractivity contribution < 1.29 is 19.1 Å². The second-order valence-corrected chi connectivity index (χ2v) is 10.8. The molecule has 2 unspecified atom stereocenters. The van der Waals surface area contributed by atoms with Gasteiger partial charge in [0, 0.05) is 25.4 Å². The topological polar surface area (TPSA) is 67.9 Å². The molecule has 0 bridgehead atoms. The molecule has 0 aliphatic heterocycles. The maximum atomic E-state index is 14.0. The molecule has 41 heavy (non-hydrogen) atoms. The van der Waals surface area contributed by atoms with Crippen LogP contribution in [-0.2, 0) is 29.0 Å². The van der Waals surface area contributed by atoms with Crippen molar-refractivity contribution in [2.24, 2.45) is 0 Å². The summed E-state index contributed by atoms with van der Waals surface area (Å²) in [6.45, 7) is 9.08. The first kappa shape index (κ1) is 32.3. The lowest BCUT2D eigenvalue weighted by atomic mass is 10.0. The highest BCUT2D eigenvalue weighted by molar-refractivity contribution is 6.42. The van der Waals surface area contributed by atoms with Crippen LogP contribution in [0.5, 0.6) is 11.5 Å². The number of hydrogen-bond donors (Lipinski definition) is 1. The van der Waals surface area contributed by atoms with Crippen LogP contribution in [0.25, 0.3) is 0 Å². The second kappa shape index (κ2) is 16.3. The van der Waals surface area contributed by atoms with Gasteiger partial charge in [0.2, 0.25) is 11.8 Å². The minimum atomic E-state index is -0.715. The minimum absolute atomic E-state index is 0.0245. The zero-order valence-electron chi connectivity index (χ0n) is 24.3. The SMILES string of the molecule is CCOc1ccc(CCC(=O)N(Cc2ccc(Cl)c(Cl)c2)C(Cc2ccccc2)C(=O)NC(C)CC)cc1OCC. The van der Waals surface area contributed by atoms with Crippen molar-refractivity contribution in [3.05, 3.63) is 93.5 Å². The lowest BCUT2D eigenvalue weighted by molar-refractivity contribution is -0.141. The average Bonchev–Trinajstić information content (AvgIpc) is 2.97. The molecular formula is C33H40Cl2N2O4. The number of amides is 2. The fourth-order valence-corrected chi connectivity index (χ4v) is 4.80. The van der Waals surface area contributed by atoms with E-state index in [9.17, 15) is 9.59 Å². The summed E-state index contributed by atoms with van der Waals surface area (Å²) < 4.78 is 11.5. The molecule has 2 atom stereocenters. The summed E-state index contributed by atoms with van der Waals surface area (Å²) in [6.07, 6.45) is 1.86. The third-order valence-electron chi connectivity index (χ3n) is 6.84. The molecule has 1 N–H and O–H groups in total. The van der Waals surface area contributed by atoms with Crippen molar-refractivity contribution in [2.75, 3.05) is 13.2 Å². The van der Waals surface area contributed by atoms with Gasteiger partial charge >= 0.3 is 0 Å². The van der Waals surface area contributed by atoms with Gasteiger partial charge in [0.05, 0.1) is 23.3 Å². The zero-order valence-corrected chi connectivity index (χ0v) is 25.8. The summed E-state index contributed by atoms with van der Waals surface area (Å²) in [4.78, 5) is 29.3. The molecule has 0 heterocycles. The first-order chi connectivity index (χ1) is 19.7. The van der Waals surface area contributed by atoms with Crippen LogP contribution in [0, 0.1) is 0 Å². The fraction of sp³-hybridized carbons (Fsp3) is 0.394. The Bertz CT molecular complexity index is 1290. The summed E-state index contributed by atoms with van der Waals surface area (Å²) in [5, 5.41) is 3.93. The number of halogens is 2. The van der Waals surface area contributed by atoms with Gasteiger partial charge in [-0.1, -0.05) is 72.6 Å². The van der Waals surface area contributed by atoms with Crippen molar-refractivity contribution in [3.8, 4) is 11.5 Å². The molecule has 0 aliphatic carbocycles. The van der Waals surface area contributed by atoms with E-state index in [1.54, 1.807) is 17.0 Å². The van der Waals surface area contributed by atoms with Crippen LogP contribution in [0.2, 0.25) is 10.0 Å². The first-order valence-electron chi connectivity index (χ1n) is 14.2. The van der Waals surface area contributed by atoms with Gasteiger partial charge in [-0.2, -0.15) is 0 Å². The van der Waals surface area contributed by atoms with Crippen LogP contribution in [0.15, 0.2) is 66.7 Å². The van der Waals surface area contributed by atoms with E-state index in [4.69, 9.17) is 32.7 Å². The van der Waals surface area contributed by atoms with Crippen LogP contribution in [0.3, 0.4) is 0 Å². The van der Waals surface area contributed by atoms with Crippen LogP contribution < -0.4 is 14.8 Å². The van der Waals surface area contributed by atoms with E-state index in [-0.39, 0.29) is 30.8 Å². The molecule has 0 saturated carbocycles. The monoisotopic (exact) mass is 598 g/mol. The van der Waals surface area contributed by atoms with E-state index in [1.165, 1.54) is 0 Å². The van der Waals surface area contributed by atoms with Gasteiger partial charge in [-0.3, -0.25) is 9.59 Å². The summed E-state index contributed by atoms with van der Waals surface area (Å²) in [5.41, 5.74) is 2.71. The van der Waals surface area contributed by atoms with Gasteiger partial charge in [-0.25, -0.2) is 0 Å². The highest BCUT2D eigenvalue weighted by Crippen LogP contribution is 2.29. The van der Waals surface area contributed by atoms with Gasteiger partial charge < -0.3 is 19.7 Å². The van der Waals surface area contributed by atoms with Crippen LogP contribution >= 0.6 is 23.2 Å². The van der Waals surface area contributed by atoms with Crippen LogP contribution in [0.1, 0.15) is 57.2 Å². The average molecular weight is 600 g/mol. The van der Waals surface area contributed by atoms with Crippen LogP contribution in [0.4, 0.5) is 0 Å². The van der Waals surface area contributed by atoms with Gasteiger partial charge in [0.25, 0.3) is 0 Å². The Labute approximate surface area is 253 Å². The van der Waals surface area contributed by atoms with E-state index in [0.717, 1.165) is 23.1 Å². The zero-order chi connectivity index (χ0) is 29.8. The van der Waals surface area contributed by atoms with Gasteiger partial charge in [0.15, 0.2) is 11.5 Å². The second-order valence-electron chi connectivity index (χ2n) is 9.94. The quantitative estimate of drug-likeness (QED) is 0.199. The van der Waals surface area contributed by atoms with Crippen molar-refractivity contribution in [3.63, 3.8) is 0 Å². The normalized spacial score (nSPS) is 12.3. The van der Waals surface area contributed by atoms with Gasteiger partial charge in [0.1, 0.15) is 6.04 Å². The van der Waals surface area contributed by atoms with E-state index in [1.807, 2.05) is 82.3 Å². The Kier molecular flexibility index (Phi) is 12.8. The number of ether oxygens (including phenoxy) is 2. The maximum absolute atomic E-state index is 14.0. The summed E-state index contributed by atoms with van der Waals surface area (Å²) in [6, 6.07) is 20.0. The largest absolute Gasteiger partial charge is 0.490 e. The standard InChI is InChI=1S/C33H40Cl2N2O4/c1-5-23(4)36-33(39)29(20-24-11-9-8-10-12-24)37(22-26-13-16-27(34)28(35)19-26)32(38)18-15-25-14-17-30(40-6-2)31(21-25)41-7-3/h8-14,16-17,19,21,23,29H,5-7,15,18,20,22H2,1-4H3,(H,36,39). The van der Waals surface area contributed by atoms with Crippen molar-refractivity contribution in [1.82, 2.24) is 10.2 Å².